The normalized spacial score (nSPS) is 15.1. The summed E-state index contributed by atoms with van der Waals surface area (Å²) in [6.45, 7) is 10.6. The summed E-state index contributed by atoms with van der Waals surface area (Å²) in [6, 6.07) is 6.79. The number of likely N-dealkylation sites (tertiary alicyclic amines) is 1. The molecule has 1 fully saturated rings. The van der Waals surface area contributed by atoms with Gasteiger partial charge in [0.25, 0.3) is 0 Å². The number of nitrogens with zero attached hydrogens (tertiary/aromatic N) is 8. The number of piperidine rings is 1. The van der Waals surface area contributed by atoms with Crippen molar-refractivity contribution < 1.29 is 4.79 Å². The van der Waals surface area contributed by atoms with E-state index in [0.29, 0.717) is 34.6 Å². The quantitative estimate of drug-likeness (QED) is 0.360. The Morgan fingerprint density at radius 2 is 1.86 bits per heavy atom. The maximum Gasteiger partial charge on any atom is 0.190 e. The van der Waals surface area contributed by atoms with Crippen molar-refractivity contribution in [1.82, 2.24) is 39.8 Å². The van der Waals surface area contributed by atoms with Crippen LogP contribution in [-0.4, -0.2) is 70.8 Å². The molecule has 0 amide bonds. The molecule has 5 heterocycles. The van der Waals surface area contributed by atoms with Gasteiger partial charge in [-0.2, -0.15) is 0 Å². The number of anilines is 1. The van der Waals surface area contributed by atoms with Gasteiger partial charge in [-0.15, -0.1) is 5.10 Å². The Morgan fingerprint density at radius 3 is 2.62 bits per heavy atom. The molecule has 0 radical (unpaired) electrons. The van der Waals surface area contributed by atoms with Gasteiger partial charge in [0, 0.05) is 36.8 Å². The largest absolute Gasteiger partial charge is 0.367 e. The summed E-state index contributed by atoms with van der Waals surface area (Å²) < 4.78 is 1.86. The third-order valence-electron chi connectivity index (χ3n) is 6.70. The van der Waals surface area contributed by atoms with Crippen LogP contribution in [0.2, 0.25) is 0 Å². The first-order valence-electron chi connectivity index (χ1n) is 12.9. The topological polar surface area (TPSA) is 115 Å². The highest BCUT2D eigenvalue weighted by Crippen LogP contribution is 2.24. The van der Waals surface area contributed by atoms with Crippen LogP contribution in [0.5, 0.6) is 0 Å². The van der Waals surface area contributed by atoms with Gasteiger partial charge >= 0.3 is 0 Å². The number of fused-ring (bicyclic) bond motifs is 1. The average Bonchev–Trinajstić information content (AvgIpc) is 3.39. The minimum absolute atomic E-state index is 0.104. The van der Waals surface area contributed by atoms with Crippen LogP contribution in [0.25, 0.3) is 22.3 Å². The molecule has 192 valence electrons. The minimum atomic E-state index is -0.104. The Hall–Kier alpha value is -3.79. The van der Waals surface area contributed by atoms with Crippen LogP contribution in [0, 0.1) is 0 Å². The lowest BCUT2D eigenvalue weighted by atomic mass is 10.0. The Labute approximate surface area is 216 Å². The molecule has 5 rings (SSSR count). The first-order chi connectivity index (χ1) is 17.9. The predicted molar refractivity (Wildman–Crippen MR) is 142 cm³/mol. The maximum absolute atomic E-state index is 13.0. The van der Waals surface area contributed by atoms with Gasteiger partial charge in [0.1, 0.15) is 17.2 Å². The molecule has 10 heteroatoms. The zero-order valence-corrected chi connectivity index (χ0v) is 21.8. The second-order valence-electron chi connectivity index (χ2n) is 10.2. The SMILES string of the molecule is CC(C)Nc1cncc(-c2ccc3cnc(CC(=O)c4cn(C5CCN(C(C)C)CC5)nn4)cc3n2)n1. The number of ketones is 1. The fourth-order valence-corrected chi connectivity index (χ4v) is 4.66. The number of aromatic nitrogens is 7. The summed E-state index contributed by atoms with van der Waals surface area (Å²) in [4.78, 5) is 33.6. The third kappa shape index (κ3) is 5.80. The van der Waals surface area contributed by atoms with Crippen molar-refractivity contribution in [2.75, 3.05) is 18.4 Å². The molecule has 1 N–H and O–H groups in total. The van der Waals surface area contributed by atoms with Gasteiger partial charge in [0.2, 0.25) is 0 Å². The summed E-state index contributed by atoms with van der Waals surface area (Å²) in [6.07, 6.45) is 9.08. The number of hydrogen-bond acceptors (Lipinski definition) is 9. The average molecular weight is 500 g/mol. The number of carbonyl (C=O) groups excluding carboxylic acids is 1. The van der Waals surface area contributed by atoms with E-state index < -0.39 is 0 Å². The van der Waals surface area contributed by atoms with Crippen LogP contribution in [-0.2, 0) is 6.42 Å². The Kier molecular flexibility index (Phi) is 7.18. The molecule has 1 saturated heterocycles. The molecule has 4 aromatic heterocycles. The molecule has 0 unspecified atom stereocenters. The van der Waals surface area contributed by atoms with E-state index in [9.17, 15) is 4.79 Å². The van der Waals surface area contributed by atoms with Crippen molar-refractivity contribution in [2.24, 2.45) is 0 Å². The van der Waals surface area contributed by atoms with E-state index in [1.807, 2.05) is 22.9 Å². The molecule has 1 aliphatic rings. The fraction of sp³-hybridized carbons (Fsp3) is 0.444. The van der Waals surface area contributed by atoms with Crippen molar-refractivity contribution in [1.29, 1.82) is 0 Å². The van der Waals surface area contributed by atoms with Crippen LogP contribution >= 0.6 is 0 Å². The van der Waals surface area contributed by atoms with Gasteiger partial charge in [-0.3, -0.25) is 14.8 Å². The maximum atomic E-state index is 13.0. The second-order valence-corrected chi connectivity index (χ2v) is 10.2. The van der Waals surface area contributed by atoms with E-state index in [0.717, 1.165) is 36.8 Å². The summed E-state index contributed by atoms with van der Waals surface area (Å²) >= 11 is 0. The number of nitrogens with one attached hydrogen (secondary N) is 1. The van der Waals surface area contributed by atoms with Crippen LogP contribution < -0.4 is 5.32 Å². The summed E-state index contributed by atoms with van der Waals surface area (Å²) in [5.74, 6) is 0.598. The van der Waals surface area contributed by atoms with Crippen molar-refractivity contribution in [3.05, 3.63) is 54.4 Å². The molecule has 10 nitrogen and oxygen atoms in total. The first kappa shape index (κ1) is 24.9. The van der Waals surface area contributed by atoms with Gasteiger partial charge in [-0.1, -0.05) is 5.21 Å². The van der Waals surface area contributed by atoms with Gasteiger partial charge in [-0.25, -0.2) is 14.6 Å². The van der Waals surface area contributed by atoms with Gasteiger partial charge in [0.05, 0.1) is 48.0 Å². The number of Topliss-reactive ketones (excluding diaryl/α,β-unsaturated/α-hetero) is 1. The zero-order valence-electron chi connectivity index (χ0n) is 21.8. The fourth-order valence-electron chi connectivity index (χ4n) is 4.66. The molecule has 0 bridgehead atoms. The van der Waals surface area contributed by atoms with Crippen molar-refractivity contribution in [3.8, 4) is 11.4 Å². The van der Waals surface area contributed by atoms with Crippen LogP contribution in [0.3, 0.4) is 0 Å². The van der Waals surface area contributed by atoms with E-state index in [2.05, 4.69) is 63.2 Å². The third-order valence-corrected chi connectivity index (χ3v) is 6.70. The number of carbonyl (C=O) groups is 1. The lowest BCUT2D eigenvalue weighted by Crippen LogP contribution is -2.39. The smallest absolute Gasteiger partial charge is 0.190 e. The summed E-state index contributed by atoms with van der Waals surface area (Å²) in [5, 5.41) is 12.6. The van der Waals surface area contributed by atoms with Crippen LogP contribution in [0.4, 0.5) is 5.82 Å². The predicted octanol–water partition coefficient (Wildman–Crippen LogP) is 3.97. The Morgan fingerprint density at radius 1 is 1.05 bits per heavy atom. The lowest BCUT2D eigenvalue weighted by Gasteiger charge is -2.34. The molecule has 1 aliphatic heterocycles. The highest BCUT2D eigenvalue weighted by atomic mass is 16.1. The Balaban J connectivity index is 1.29. The molecule has 0 saturated carbocycles. The molecule has 37 heavy (non-hydrogen) atoms. The minimum Gasteiger partial charge on any atom is -0.367 e. The van der Waals surface area contributed by atoms with Gasteiger partial charge in [0.15, 0.2) is 5.78 Å². The molecule has 0 spiro atoms. The number of rotatable bonds is 8. The monoisotopic (exact) mass is 499 g/mol. The highest BCUT2D eigenvalue weighted by molar-refractivity contribution is 5.95. The molecule has 0 aromatic carbocycles. The number of pyridine rings is 2. The molecule has 0 atom stereocenters. The highest BCUT2D eigenvalue weighted by Gasteiger charge is 2.24. The van der Waals surface area contributed by atoms with Crippen molar-refractivity contribution in [2.45, 2.75) is 65.1 Å². The standard InChI is InChI=1S/C27H33N9O/c1-17(2)30-27-15-28-14-24(32-27)22-6-5-19-13-29-20(11-23(19)31-22)12-26(37)25-16-36(34-33-25)21-7-9-35(10-8-21)18(3)4/h5-6,11,13-18,21H,7-10,12H2,1-4H3,(H,30,32). The molecule has 4 aromatic rings. The first-order valence-corrected chi connectivity index (χ1v) is 12.9. The summed E-state index contributed by atoms with van der Waals surface area (Å²) in [5.41, 5.74) is 3.16. The van der Waals surface area contributed by atoms with Gasteiger partial charge < -0.3 is 10.2 Å². The van der Waals surface area contributed by atoms with E-state index in [1.54, 1.807) is 24.8 Å². The van der Waals surface area contributed by atoms with Crippen LogP contribution in [0.1, 0.15) is 62.8 Å². The summed E-state index contributed by atoms with van der Waals surface area (Å²) in [7, 11) is 0. The number of hydrogen-bond donors (Lipinski definition) is 1. The van der Waals surface area contributed by atoms with Gasteiger partial charge in [-0.05, 0) is 58.7 Å². The second kappa shape index (κ2) is 10.7. The van der Waals surface area contributed by atoms with E-state index >= 15 is 0 Å². The van der Waals surface area contributed by atoms with Crippen molar-refractivity contribution in [3.63, 3.8) is 0 Å². The van der Waals surface area contributed by atoms with E-state index in [-0.39, 0.29) is 24.3 Å². The molecular weight excluding hydrogens is 466 g/mol. The molecular formula is C27H33N9O. The van der Waals surface area contributed by atoms with Crippen molar-refractivity contribution >= 4 is 22.5 Å². The lowest BCUT2D eigenvalue weighted by molar-refractivity contribution is 0.0987. The van der Waals surface area contributed by atoms with E-state index in [4.69, 9.17) is 4.98 Å². The zero-order chi connectivity index (χ0) is 25.9. The van der Waals surface area contributed by atoms with E-state index in [1.165, 1.54) is 0 Å². The Bertz CT molecular complexity index is 1390. The van der Waals surface area contributed by atoms with Crippen LogP contribution in [0.15, 0.2) is 43.0 Å². The molecule has 0 aliphatic carbocycles.